The predicted octanol–water partition coefficient (Wildman–Crippen LogP) is 4.14. The average molecular weight is 480 g/mol. The van der Waals surface area contributed by atoms with Crippen LogP contribution in [0.15, 0.2) is 60.1 Å². The number of sulfonamides is 1. The Hall–Kier alpha value is -1.93. The molecule has 1 aromatic carbocycles. The first-order valence-corrected chi connectivity index (χ1v) is 12.3. The molecule has 0 spiro atoms. The lowest BCUT2D eigenvalue weighted by Crippen LogP contribution is -2.54. The van der Waals surface area contributed by atoms with Crippen molar-refractivity contribution in [1.29, 1.82) is 0 Å². The number of hydrogen-bond acceptors (Lipinski definition) is 4. The SMILES string of the molecule is C=C[C@H]1CN(Cc2ccccn2)C(=O)C2CCCC1N2S(=O)(=O)c1cc(Cl)cc(Cl)c1. The second-order valence-electron chi connectivity index (χ2n) is 7.89. The van der Waals surface area contributed by atoms with Crippen molar-refractivity contribution >= 4 is 39.1 Å². The van der Waals surface area contributed by atoms with Gasteiger partial charge < -0.3 is 4.90 Å². The molecule has 0 saturated carbocycles. The molecular formula is C22H23Cl2N3O3S. The number of aromatic nitrogens is 1. The van der Waals surface area contributed by atoms with Crippen LogP contribution in [0.2, 0.25) is 10.0 Å². The third-order valence-corrected chi connectivity index (χ3v) is 8.28. The molecule has 2 bridgehead atoms. The summed E-state index contributed by atoms with van der Waals surface area (Å²) in [6.07, 6.45) is 5.33. The Labute approximate surface area is 192 Å². The van der Waals surface area contributed by atoms with Crippen LogP contribution in [0, 0.1) is 5.92 Å². The molecule has 0 radical (unpaired) electrons. The molecule has 2 saturated heterocycles. The highest BCUT2D eigenvalue weighted by atomic mass is 35.5. The lowest BCUT2D eigenvalue weighted by Gasteiger charge is -2.40. The van der Waals surface area contributed by atoms with E-state index in [-0.39, 0.29) is 32.8 Å². The smallest absolute Gasteiger partial charge is 0.244 e. The zero-order valence-corrected chi connectivity index (χ0v) is 19.2. The van der Waals surface area contributed by atoms with Crippen molar-refractivity contribution in [3.8, 4) is 0 Å². The highest BCUT2D eigenvalue weighted by molar-refractivity contribution is 7.89. The van der Waals surface area contributed by atoms with Crippen molar-refractivity contribution in [1.82, 2.24) is 14.2 Å². The number of rotatable bonds is 5. The van der Waals surface area contributed by atoms with Gasteiger partial charge in [0.05, 0.1) is 17.1 Å². The van der Waals surface area contributed by atoms with Crippen molar-refractivity contribution in [2.45, 2.75) is 42.8 Å². The van der Waals surface area contributed by atoms with E-state index in [1.54, 1.807) is 17.2 Å². The molecule has 3 heterocycles. The maximum atomic E-state index is 13.7. The van der Waals surface area contributed by atoms with Gasteiger partial charge in [-0.1, -0.05) is 35.3 Å². The Kier molecular flexibility index (Phi) is 6.40. The van der Waals surface area contributed by atoms with Crippen LogP contribution in [0.5, 0.6) is 0 Å². The summed E-state index contributed by atoms with van der Waals surface area (Å²) in [5.41, 5.74) is 0.756. The summed E-state index contributed by atoms with van der Waals surface area (Å²) in [6.45, 7) is 4.65. The van der Waals surface area contributed by atoms with E-state index >= 15 is 0 Å². The quantitative estimate of drug-likeness (QED) is 0.603. The van der Waals surface area contributed by atoms with Gasteiger partial charge in [-0.05, 0) is 49.6 Å². The zero-order chi connectivity index (χ0) is 22.2. The first-order valence-electron chi connectivity index (χ1n) is 10.1. The number of pyridine rings is 1. The number of carbonyl (C=O) groups excluding carboxylic acids is 1. The van der Waals surface area contributed by atoms with E-state index in [0.29, 0.717) is 25.9 Å². The van der Waals surface area contributed by atoms with E-state index in [1.807, 2.05) is 18.2 Å². The fourth-order valence-electron chi connectivity index (χ4n) is 4.52. The molecule has 2 aliphatic rings. The molecule has 0 aliphatic carbocycles. The van der Waals surface area contributed by atoms with Gasteiger partial charge in [0, 0.05) is 34.7 Å². The fraction of sp³-hybridized carbons (Fsp3) is 0.364. The normalized spacial score (nSPS) is 24.6. The Morgan fingerprint density at radius 2 is 1.90 bits per heavy atom. The average Bonchev–Trinajstić information content (AvgIpc) is 2.81. The Bertz CT molecular complexity index is 1070. The van der Waals surface area contributed by atoms with E-state index in [2.05, 4.69) is 11.6 Å². The van der Waals surface area contributed by atoms with E-state index in [4.69, 9.17) is 23.2 Å². The molecule has 2 aromatic rings. The third kappa shape index (κ3) is 4.37. The summed E-state index contributed by atoms with van der Waals surface area (Å²) in [4.78, 5) is 19.6. The van der Waals surface area contributed by atoms with Crippen LogP contribution in [0.25, 0.3) is 0 Å². The van der Waals surface area contributed by atoms with Gasteiger partial charge in [0.25, 0.3) is 0 Å². The maximum absolute atomic E-state index is 13.7. The summed E-state index contributed by atoms with van der Waals surface area (Å²) in [5.74, 6) is -0.418. The van der Waals surface area contributed by atoms with Crippen molar-refractivity contribution in [2.75, 3.05) is 6.54 Å². The molecule has 9 heteroatoms. The van der Waals surface area contributed by atoms with Gasteiger partial charge in [-0.25, -0.2) is 8.42 Å². The molecule has 3 atom stereocenters. The third-order valence-electron chi connectivity index (χ3n) is 5.93. The molecule has 2 fully saturated rings. The monoisotopic (exact) mass is 479 g/mol. The number of nitrogens with zero attached hydrogens (tertiary/aromatic N) is 3. The second kappa shape index (κ2) is 8.90. The molecule has 1 amide bonds. The lowest BCUT2D eigenvalue weighted by atomic mass is 9.90. The number of halogens is 2. The van der Waals surface area contributed by atoms with Crippen LogP contribution in [-0.4, -0.2) is 47.1 Å². The van der Waals surface area contributed by atoms with E-state index in [9.17, 15) is 13.2 Å². The Balaban J connectivity index is 1.76. The molecule has 1 aromatic heterocycles. The molecule has 0 N–H and O–H groups in total. The zero-order valence-electron chi connectivity index (χ0n) is 16.8. The Morgan fingerprint density at radius 1 is 1.16 bits per heavy atom. The van der Waals surface area contributed by atoms with Gasteiger partial charge in [0.2, 0.25) is 15.9 Å². The van der Waals surface area contributed by atoms with Crippen LogP contribution in [0.3, 0.4) is 0 Å². The second-order valence-corrected chi connectivity index (χ2v) is 10.6. The van der Waals surface area contributed by atoms with Crippen LogP contribution >= 0.6 is 23.2 Å². The predicted molar refractivity (Wildman–Crippen MR) is 120 cm³/mol. The molecule has 2 aliphatic heterocycles. The number of piperidine rings is 1. The summed E-state index contributed by atoms with van der Waals surface area (Å²) < 4.78 is 28.8. The van der Waals surface area contributed by atoms with E-state index < -0.39 is 16.1 Å². The molecule has 4 rings (SSSR count). The van der Waals surface area contributed by atoms with Gasteiger partial charge >= 0.3 is 0 Å². The minimum atomic E-state index is -4.01. The van der Waals surface area contributed by atoms with Crippen molar-refractivity contribution in [2.24, 2.45) is 5.92 Å². The van der Waals surface area contributed by atoms with E-state index in [0.717, 1.165) is 12.1 Å². The summed E-state index contributed by atoms with van der Waals surface area (Å²) in [5, 5.41) is 0.462. The maximum Gasteiger partial charge on any atom is 0.244 e. The van der Waals surface area contributed by atoms with Gasteiger partial charge in [-0.2, -0.15) is 4.31 Å². The first kappa shape index (κ1) is 22.3. The van der Waals surface area contributed by atoms with Crippen LogP contribution in [0.4, 0.5) is 0 Å². The van der Waals surface area contributed by atoms with Crippen LogP contribution in [0.1, 0.15) is 25.0 Å². The summed E-state index contributed by atoms with van der Waals surface area (Å²) >= 11 is 12.2. The first-order chi connectivity index (χ1) is 14.8. The lowest BCUT2D eigenvalue weighted by molar-refractivity contribution is -0.135. The number of benzene rings is 1. The van der Waals surface area contributed by atoms with Gasteiger partial charge in [-0.3, -0.25) is 9.78 Å². The number of fused-ring (bicyclic) bond motifs is 2. The molecule has 31 heavy (non-hydrogen) atoms. The molecule has 6 nitrogen and oxygen atoms in total. The standard InChI is InChI=1S/C22H23Cl2N3O3S/c1-2-15-13-26(14-18-6-3-4-9-25-18)22(28)21-8-5-7-20(15)27(21)31(29,30)19-11-16(23)10-17(24)12-19/h2-4,6,9-12,15,20-21H,1,5,7-8,13-14H2/t15-,20?,21?/m0/s1. The summed E-state index contributed by atoms with van der Waals surface area (Å²) in [7, 11) is -4.01. The van der Waals surface area contributed by atoms with E-state index in [1.165, 1.54) is 22.5 Å². The number of hydrogen-bond donors (Lipinski definition) is 0. The topological polar surface area (TPSA) is 70.6 Å². The molecule has 164 valence electrons. The highest BCUT2D eigenvalue weighted by Gasteiger charge is 2.49. The fourth-order valence-corrected chi connectivity index (χ4v) is 7.12. The van der Waals surface area contributed by atoms with Gasteiger partial charge in [-0.15, -0.1) is 6.58 Å². The van der Waals surface area contributed by atoms with Crippen molar-refractivity contribution in [3.05, 3.63) is 71.0 Å². The minimum absolute atomic E-state index is 0.00399. The van der Waals surface area contributed by atoms with Gasteiger partial charge in [0.1, 0.15) is 6.04 Å². The number of carbonyl (C=O) groups is 1. The Morgan fingerprint density at radius 3 is 2.55 bits per heavy atom. The van der Waals surface area contributed by atoms with Crippen LogP contribution < -0.4 is 0 Å². The molecular weight excluding hydrogens is 457 g/mol. The molecule has 2 unspecified atom stereocenters. The number of amides is 1. The minimum Gasteiger partial charge on any atom is -0.335 e. The summed E-state index contributed by atoms with van der Waals surface area (Å²) in [6, 6.07) is 8.63. The largest absolute Gasteiger partial charge is 0.335 e. The van der Waals surface area contributed by atoms with Crippen molar-refractivity contribution < 1.29 is 13.2 Å². The highest BCUT2D eigenvalue weighted by Crippen LogP contribution is 2.38. The van der Waals surface area contributed by atoms with Gasteiger partial charge in [0.15, 0.2) is 0 Å². The van der Waals surface area contributed by atoms with Crippen molar-refractivity contribution in [3.63, 3.8) is 0 Å². The van der Waals surface area contributed by atoms with Crippen LogP contribution in [-0.2, 0) is 21.4 Å².